The van der Waals surface area contributed by atoms with Gasteiger partial charge >= 0.3 is 11.4 Å². The van der Waals surface area contributed by atoms with Crippen LogP contribution in [-0.4, -0.2) is 27.5 Å². The first-order valence-corrected chi connectivity index (χ1v) is 6.00. The maximum atomic E-state index is 10.3. The highest BCUT2D eigenvalue weighted by Gasteiger charge is 2.17. The van der Waals surface area contributed by atoms with E-state index in [1.54, 1.807) is 0 Å². The van der Waals surface area contributed by atoms with Crippen molar-refractivity contribution in [2.45, 2.75) is 45.6 Å². The molecule has 0 saturated carbocycles. The summed E-state index contributed by atoms with van der Waals surface area (Å²) in [5.74, 6) is 0. The fourth-order valence-corrected chi connectivity index (χ4v) is 1.45. The monoisotopic (exact) mass is 223 g/mol. The zero-order valence-electron chi connectivity index (χ0n) is 9.21. The second kappa shape index (κ2) is 7.34. The molecule has 4 nitrogen and oxygen atoms in total. The molecule has 0 fully saturated rings. The van der Waals surface area contributed by atoms with Crippen LogP contribution in [0.25, 0.3) is 0 Å². The summed E-state index contributed by atoms with van der Waals surface area (Å²) < 4.78 is 23.4. The highest BCUT2D eigenvalue weighted by Crippen LogP contribution is 2.04. The Labute approximate surface area is 88.9 Å². The first-order valence-electron chi connectivity index (χ1n) is 4.97. The Kier molecular flexibility index (Phi) is 7.35. The maximum Gasteiger partial charge on any atom is 0.301 e. The van der Waals surface area contributed by atoms with Gasteiger partial charge in [-0.25, -0.2) is 0 Å². The molecule has 0 aliphatic carbocycles. The third kappa shape index (κ3) is 8.62. The molecule has 0 aromatic rings. The molecule has 0 aromatic carbocycles. The molecule has 0 aliphatic heterocycles. The van der Waals surface area contributed by atoms with Gasteiger partial charge < -0.3 is 5.32 Å². The lowest BCUT2D eigenvalue weighted by Gasteiger charge is -2.24. The Morgan fingerprint density at radius 3 is 2.57 bits per heavy atom. The van der Waals surface area contributed by atoms with Crippen molar-refractivity contribution < 1.29 is 12.9 Å². The van der Waals surface area contributed by atoms with Gasteiger partial charge in [-0.05, 0) is 26.8 Å². The van der Waals surface area contributed by atoms with E-state index >= 15 is 0 Å². The van der Waals surface area contributed by atoms with Crippen LogP contribution in [0.4, 0.5) is 0 Å². The van der Waals surface area contributed by atoms with Crippen molar-refractivity contribution in [1.82, 2.24) is 5.32 Å². The van der Waals surface area contributed by atoms with Gasteiger partial charge in [-0.3, -0.25) is 8.74 Å². The molecule has 2 N–H and O–H groups in total. The summed E-state index contributed by atoms with van der Waals surface area (Å²) in [6.07, 6.45) is 3.53. The average Bonchev–Trinajstić information content (AvgIpc) is 2.10. The molecule has 0 bridgehead atoms. The number of hydrogen-bond donors (Lipinski definition) is 2. The van der Waals surface area contributed by atoms with Gasteiger partial charge in [0.1, 0.15) is 0 Å². The van der Waals surface area contributed by atoms with Crippen molar-refractivity contribution in [2.24, 2.45) is 0 Å². The summed E-state index contributed by atoms with van der Waals surface area (Å²) in [4.78, 5) is 0. The largest absolute Gasteiger partial charge is 0.310 e. The first-order chi connectivity index (χ1) is 6.48. The van der Waals surface area contributed by atoms with Gasteiger partial charge in [0.25, 0.3) is 0 Å². The molecule has 1 atom stereocenters. The topological polar surface area (TPSA) is 58.6 Å². The van der Waals surface area contributed by atoms with Gasteiger partial charge in [0, 0.05) is 5.54 Å². The molecule has 0 spiro atoms. The van der Waals surface area contributed by atoms with Crippen LogP contribution in [0.3, 0.4) is 0 Å². The molecule has 86 valence electrons. The van der Waals surface area contributed by atoms with Gasteiger partial charge in [0.15, 0.2) is 0 Å². The molecule has 0 saturated heterocycles. The van der Waals surface area contributed by atoms with Crippen molar-refractivity contribution in [3.05, 3.63) is 0 Å². The van der Waals surface area contributed by atoms with Crippen LogP contribution >= 0.6 is 0 Å². The van der Waals surface area contributed by atoms with Crippen LogP contribution in [0.15, 0.2) is 0 Å². The normalized spacial score (nSPS) is 14.3. The molecular formula is C9H21NO3S. The van der Waals surface area contributed by atoms with Crippen molar-refractivity contribution in [1.29, 1.82) is 0 Å². The number of unbranched alkanes of at least 4 members (excludes halogenated alkanes) is 2. The molecule has 0 rings (SSSR count). The first kappa shape index (κ1) is 14.0. The Morgan fingerprint density at radius 2 is 2.07 bits per heavy atom. The highest BCUT2D eigenvalue weighted by atomic mass is 32.2. The van der Waals surface area contributed by atoms with Gasteiger partial charge in [-0.15, -0.1) is 0 Å². The van der Waals surface area contributed by atoms with Gasteiger partial charge in [0.05, 0.1) is 6.61 Å². The minimum atomic E-state index is -2.16. The summed E-state index contributed by atoms with van der Waals surface area (Å²) in [7, 11) is 0. The van der Waals surface area contributed by atoms with Crippen molar-refractivity contribution in [3.8, 4) is 0 Å². The zero-order valence-corrected chi connectivity index (χ0v) is 10.0. The smallest absolute Gasteiger partial charge is 0.301 e. The number of rotatable bonds is 8. The third-order valence-electron chi connectivity index (χ3n) is 1.90. The second-order valence-electron chi connectivity index (χ2n) is 4.00. The molecule has 0 aliphatic rings. The van der Waals surface area contributed by atoms with E-state index in [4.69, 9.17) is 4.55 Å². The minimum Gasteiger partial charge on any atom is -0.310 e. The van der Waals surface area contributed by atoms with E-state index in [1.807, 2.05) is 13.8 Å². The molecule has 0 aromatic heterocycles. The van der Waals surface area contributed by atoms with Crippen LogP contribution in [0.5, 0.6) is 0 Å². The molecule has 1 unspecified atom stereocenters. The van der Waals surface area contributed by atoms with E-state index in [0.717, 1.165) is 13.0 Å². The summed E-state index contributed by atoms with van der Waals surface area (Å²) in [5, 5.41) is 3.28. The lowest BCUT2D eigenvalue weighted by Crippen LogP contribution is -2.44. The maximum absolute atomic E-state index is 10.3. The fraction of sp³-hybridized carbons (Fsp3) is 1.00. The fourth-order valence-electron chi connectivity index (χ4n) is 1.05. The molecule has 5 heteroatoms. The summed E-state index contributed by atoms with van der Waals surface area (Å²) >= 11 is -2.16. The molecule has 0 heterocycles. The Bertz CT molecular complexity index is 173. The van der Waals surface area contributed by atoms with Crippen LogP contribution in [-0.2, 0) is 15.5 Å². The number of nitrogens with one attached hydrogen (secondary N) is 1. The van der Waals surface area contributed by atoms with Crippen LogP contribution in [0.1, 0.15) is 40.0 Å². The SMILES string of the molecule is CCCCCNC(C)(C)COS(=O)O. The minimum absolute atomic E-state index is 0.238. The molecule has 14 heavy (non-hydrogen) atoms. The van der Waals surface area contributed by atoms with Gasteiger partial charge in [-0.2, -0.15) is 4.21 Å². The molecular weight excluding hydrogens is 202 g/mol. The summed E-state index contributed by atoms with van der Waals surface area (Å²) in [6.45, 7) is 7.21. The van der Waals surface area contributed by atoms with Crippen LogP contribution in [0.2, 0.25) is 0 Å². The van der Waals surface area contributed by atoms with Crippen molar-refractivity contribution in [3.63, 3.8) is 0 Å². The number of hydrogen-bond acceptors (Lipinski definition) is 3. The van der Waals surface area contributed by atoms with E-state index < -0.39 is 11.4 Å². The summed E-state index contributed by atoms with van der Waals surface area (Å²) in [6, 6.07) is 0. The van der Waals surface area contributed by atoms with E-state index in [0.29, 0.717) is 0 Å². The lowest BCUT2D eigenvalue weighted by atomic mass is 10.1. The predicted molar refractivity (Wildman–Crippen MR) is 58.3 cm³/mol. The quantitative estimate of drug-likeness (QED) is 0.486. The third-order valence-corrected chi connectivity index (χ3v) is 2.22. The van der Waals surface area contributed by atoms with Crippen molar-refractivity contribution >= 4 is 11.4 Å². The lowest BCUT2D eigenvalue weighted by molar-refractivity contribution is 0.209. The van der Waals surface area contributed by atoms with Gasteiger partial charge in [-0.1, -0.05) is 19.8 Å². The van der Waals surface area contributed by atoms with Crippen molar-refractivity contribution in [2.75, 3.05) is 13.2 Å². The van der Waals surface area contributed by atoms with E-state index in [9.17, 15) is 4.21 Å². The Hall–Kier alpha value is 0.0300. The Morgan fingerprint density at radius 1 is 1.43 bits per heavy atom. The average molecular weight is 223 g/mol. The summed E-state index contributed by atoms with van der Waals surface area (Å²) in [5.41, 5.74) is -0.244. The molecule has 0 amide bonds. The zero-order chi connectivity index (χ0) is 11.0. The predicted octanol–water partition coefficient (Wildman–Crippen LogP) is 1.70. The van der Waals surface area contributed by atoms with Crippen LogP contribution in [0, 0.1) is 0 Å². The second-order valence-corrected chi connectivity index (χ2v) is 4.67. The van der Waals surface area contributed by atoms with E-state index in [1.165, 1.54) is 12.8 Å². The standard InChI is InChI=1S/C9H21NO3S/c1-4-5-6-7-10-9(2,3)8-13-14(11)12/h10H,4-8H2,1-3H3,(H,11,12). The highest BCUT2D eigenvalue weighted by molar-refractivity contribution is 7.74. The Balaban J connectivity index is 3.55. The van der Waals surface area contributed by atoms with E-state index in [-0.39, 0.29) is 12.1 Å². The molecule has 0 radical (unpaired) electrons. The van der Waals surface area contributed by atoms with E-state index in [2.05, 4.69) is 16.4 Å². The van der Waals surface area contributed by atoms with Crippen LogP contribution < -0.4 is 5.32 Å². The van der Waals surface area contributed by atoms with Gasteiger partial charge in [0.2, 0.25) is 0 Å².